The number of hydrogen-bond donors (Lipinski definition) is 6. The summed E-state index contributed by atoms with van der Waals surface area (Å²) in [7, 11) is 1.84. The zero-order chi connectivity index (χ0) is 51.1. The topological polar surface area (TPSA) is 167 Å². The first kappa shape index (κ1) is 50.8. The molecule has 0 amide bonds. The predicted octanol–water partition coefficient (Wildman–Crippen LogP) is 10.9. The molecular weight excluding hydrogens is 923 g/mol. The number of nitrogens with zero attached hydrogens (tertiary/aromatic N) is 1. The van der Waals surface area contributed by atoms with Gasteiger partial charge in [0.05, 0.1) is 30.4 Å². The molecule has 11 rings (SSSR count). The molecule has 0 aromatic heterocycles. The summed E-state index contributed by atoms with van der Waals surface area (Å²) in [6, 6.07) is 17.0. The minimum Gasteiger partial charge on any atom is -0.508 e. The van der Waals surface area contributed by atoms with E-state index in [4.69, 9.17) is 20.2 Å². The summed E-state index contributed by atoms with van der Waals surface area (Å²) in [5.74, 6) is 8.39. The molecule has 4 fully saturated rings. The number of nitrogens with two attached hydrogens (primary N) is 1. The number of methoxy groups -OCH3 is 1. The molecule has 4 saturated carbocycles. The standard InChI is InChI=1S/C64H79N3O7/c1-39-26-54-44-28-41(30-50(71)32-44)27-40-12-10-14-47(29-40)64(23-8-3-9-24-64)67-62(65)66-48-15-11-19-53-42(20-21-49(70)33-46(38-69)52-18-7-4-13-43(52)37-68)35-57(74-51-16-5-6-17-51)61(72)59(53)60-58-45(31-48)34-55(54)63(60,36-39)25-22-56(58)73-2/h4,10,12-14,28-30,32-35,39,43,45,48,51-52,54,56,58,60,68-69,71-72H,3,5-9,15-18,20-27,31,36-38H2,1-2H3,(H3,65,66,67)/b46-33+/t39-,43-,45+,48-,52+,54-,56+,58+,60-,63-/m1/s1. The van der Waals surface area contributed by atoms with Gasteiger partial charge in [0, 0.05) is 55.4 Å². The van der Waals surface area contributed by atoms with E-state index in [-0.39, 0.29) is 96.2 Å². The van der Waals surface area contributed by atoms with Gasteiger partial charge in [-0.15, -0.1) is 0 Å². The number of allylic oxidation sites excluding steroid dienone is 4. The van der Waals surface area contributed by atoms with Crippen molar-refractivity contribution in [1.29, 1.82) is 0 Å². The summed E-state index contributed by atoms with van der Waals surface area (Å²) in [5.41, 5.74) is 15.5. The number of phenols is 2. The number of benzene rings is 3. The molecule has 10 nitrogen and oxygen atoms in total. The number of hydrogen-bond acceptors (Lipinski definition) is 10. The highest BCUT2D eigenvalue weighted by Crippen LogP contribution is 2.70. The smallest absolute Gasteiger partial charge is 0.189 e. The molecule has 7 aliphatic carbocycles. The average molecular weight is 1000 g/mol. The largest absolute Gasteiger partial charge is 0.508 e. The lowest BCUT2D eigenvalue weighted by Crippen LogP contribution is -2.54. The first-order valence-electron chi connectivity index (χ1n) is 28.4. The van der Waals surface area contributed by atoms with Crippen molar-refractivity contribution in [2.45, 2.75) is 171 Å². The lowest BCUT2D eigenvalue weighted by atomic mass is 9.43. The predicted molar refractivity (Wildman–Crippen MR) is 290 cm³/mol. The van der Waals surface area contributed by atoms with Gasteiger partial charge in [0.25, 0.3) is 0 Å². The highest BCUT2D eigenvalue weighted by molar-refractivity contribution is 5.90. The van der Waals surface area contributed by atoms with E-state index in [1.807, 2.05) is 31.4 Å². The maximum absolute atomic E-state index is 14.3. The fourth-order valence-electron chi connectivity index (χ4n) is 16.1. The van der Waals surface area contributed by atoms with Gasteiger partial charge in [-0.2, -0.15) is 0 Å². The molecule has 8 aliphatic rings. The van der Waals surface area contributed by atoms with E-state index in [2.05, 4.69) is 66.6 Å². The summed E-state index contributed by atoms with van der Waals surface area (Å²) >= 11 is 0. The molecule has 0 unspecified atom stereocenters. The van der Waals surface area contributed by atoms with Crippen LogP contribution in [0.3, 0.4) is 0 Å². The zero-order valence-electron chi connectivity index (χ0n) is 43.8. The van der Waals surface area contributed by atoms with E-state index in [0.717, 1.165) is 118 Å². The highest BCUT2D eigenvalue weighted by atomic mass is 16.5. The summed E-state index contributed by atoms with van der Waals surface area (Å²) in [5, 5.41) is 49.7. The van der Waals surface area contributed by atoms with E-state index in [1.54, 1.807) is 6.08 Å². The average Bonchev–Trinajstić information content (AvgIpc) is 3.91. The third-order valence-electron chi connectivity index (χ3n) is 19.3. The number of fused-ring (bicyclic) bond motifs is 8. The van der Waals surface area contributed by atoms with Gasteiger partial charge in [0.1, 0.15) is 5.75 Å². The van der Waals surface area contributed by atoms with Crippen molar-refractivity contribution >= 4 is 11.7 Å². The van der Waals surface area contributed by atoms with Crippen molar-refractivity contribution in [3.63, 3.8) is 0 Å². The van der Waals surface area contributed by atoms with Crippen LogP contribution >= 0.6 is 0 Å². The first-order valence-corrected chi connectivity index (χ1v) is 28.4. The van der Waals surface area contributed by atoms with Crippen molar-refractivity contribution in [2.75, 3.05) is 20.3 Å². The van der Waals surface area contributed by atoms with Crippen LogP contribution in [0.5, 0.6) is 17.2 Å². The van der Waals surface area contributed by atoms with E-state index in [9.17, 15) is 25.2 Å². The molecule has 0 radical (unpaired) electrons. The number of aliphatic imine (C=N–C) groups is 1. The fourth-order valence-corrected chi connectivity index (χ4v) is 16.1. The van der Waals surface area contributed by atoms with Crippen LogP contribution in [0.15, 0.2) is 89.0 Å². The van der Waals surface area contributed by atoms with Gasteiger partial charge in [0.2, 0.25) is 0 Å². The Balaban J connectivity index is 1.11. The maximum atomic E-state index is 14.3. The normalized spacial score (nSPS) is 31.3. The Bertz CT molecular complexity index is 2790. The number of rotatable bonds is 10. The number of aliphatic hydroxyl groups excluding tert-OH is 2. The van der Waals surface area contributed by atoms with Gasteiger partial charge in [-0.25, -0.2) is 4.99 Å². The minimum absolute atomic E-state index is 0.0167. The summed E-state index contributed by atoms with van der Waals surface area (Å²) in [6.07, 6.45) is 24.9. The van der Waals surface area contributed by atoms with Gasteiger partial charge in [0.15, 0.2) is 23.2 Å². The number of guanidine groups is 1. The van der Waals surface area contributed by atoms with Crippen molar-refractivity contribution in [1.82, 2.24) is 5.32 Å². The summed E-state index contributed by atoms with van der Waals surface area (Å²) < 4.78 is 13.6. The Morgan fingerprint density at radius 1 is 0.973 bits per heavy atom. The molecule has 2 spiro atoms. The van der Waals surface area contributed by atoms with Crippen molar-refractivity contribution in [2.24, 2.45) is 45.7 Å². The number of nitrogens with one attached hydrogen (secondary N) is 1. The van der Waals surface area contributed by atoms with Gasteiger partial charge in [-0.3, -0.25) is 4.79 Å². The minimum atomic E-state index is -0.392. The second-order valence-corrected chi connectivity index (χ2v) is 23.9. The van der Waals surface area contributed by atoms with E-state index < -0.39 is 5.41 Å². The Hall–Kier alpha value is -5.34. The molecule has 7 N–H and O–H groups in total. The SMILES string of the molecule is CO[C@H]1CC[C@@]23C[C@H](C)C[C@H]4C2=C[C@@H]2C[C@@H](CC#Cc5c(CCC(=O)/C=C(\CO)[C@H]6CCC=C[C@@H]6CO)cc(OC6CCCC6)c(O)c5[C@H]3[C@@H]21)N=C(N)NC1(CCCCC1)c1cccc(c1)Cc1cc(O)cc4c1. The second kappa shape index (κ2) is 21.4. The summed E-state index contributed by atoms with van der Waals surface area (Å²) in [6.45, 7) is 2.09. The number of ether oxygens (including phenoxy) is 2. The van der Waals surface area contributed by atoms with Crippen molar-refractivity contribution in [3.8, 4) is 29.1 Å². The second-order valence-electron chi connectivity index (χ2n) is 23.9. The van der Waals surface area contributed by atoms with Crippen LogP contribution in [-0.4, -0.2) is 70.7 Å². The number of carbonyl (C=O) groups is 1. The fraction of sp³-hybridized carbons (Fsp3) is 0.562. The van der Waals surface area contributed by atoms with Crippen molar-refractivity contribution < 1.29 is 34.7 Å². The van der Waals surface area contributed by atoms with Crippen LogP contribution in [0, 0.1) is 46.8 Å². The number of aliphatic hydroxyl groups is 2. The molecule has 10 heteroatoms. The van der Waals surface area contributed by atoms with Crippen LogP contribution in [0.25, 0.3) is 0 Å². The maximum Gasteiger partial charge on any atom is 0.189 e. The van der Waals surface area contributed by atoms with E-state index in [0.29, 0.717) is 48.9 Å². The van der Waals surface area contributed by atoms with Crippen LogP contribution in [0.1, 0.15) is 173 Å². The van der Waals surface area contributed by atoms with Crippen molar-refractivity contribution in [3.05, 3.63) is 123 Å². The quantitative estimate of drug-likeness (QED) is 0.0658. The van der Waals surface area contributed by atoms with Crippen LogP contribution in [0.2, 0.25) is 0 Å². The van der Waals surface area contributed by atoms with Gasteiger partial charge < -0.3 is 41.0 Å². The Labute approximate surface area is 439 Å². The molecular formula is C64H79N3O7. The Morgan fingerprint density at radius 3 is 2.61 bits per heavy atom. The van der Waals surface area contributed by atoms with Crippen LogP contribution in [0.4, 0.5) is 0 Å². The Morgan fingerprint density at radius 2 is 1.81 bits per heavy atom. The lowest BCUT2D eigenvalue weighted by molar-refractivity contribution is -0.114. The molecule has 10 bridgehead atoms. The monoisotopic (exact) mass is 1000 g/mol. The number of carbonyl (C=O) groups excluding carboxylic acids is 1. The molecule has 1 heterocycles. The molecule has 3 aromatic carbocycles. The number of aryl methyl sites for hydroxylation is 1. The zero-order valence-corrected chi connectivity index (χ0v) is 43.8. The molecule has 10 atom stereocenters. The van der Waals surface area contributed by atoms with Gasteiger partial charge >= 0.3 is 0 Å². The summed E-state index contributed by atoms with van der Waals surface area (Å²) in [4.78, 5) is 19.7. The van der Waals surface area contributed by atoms with Crippen LogP contribution < -0.4 is 15.8 Å². The highest BCUT2D eigenvalue weighted by Gasteiger charge is 2.61. The third-order valence-corrected chi connectivity index (χ3v) is 19.3. The Kier molecular flexibility index (Phi) is 14.7. The first-order chi connectivity index (χ1) is 36.0. The van der Waals surface area contributed by atoms with Crippen LogP contribution in [-0.2, 0) is 27.9 Å². The number of aromatic hydroxyl groups is 2. The number of phenolic OH excluding ortho intramolecular Hbond substituents is 2. The molecule has 1 aliphatic heterocycles. The van der Waals surface area contributed by atoms with E-state index >= 15 is 0 Å². The molecule has 3 aromatic rings. The lowest BCUT2D eigenvalue weighted by Gasteiger charge is -2.62. The van der Waals surface area contributed by atoms with Gasteiger partial charge in [-0.1, -0.05) is 92.2 Å². The third kappa shape index (κ3) is 9.75. The molecule has 74 heavy (non-hydrogen) atoms. The molecule has 392 valence electrons. The van der Waals surface area contributed by atoms with E-state index in [1.165, 1.54) is 23.1 Å². The number of ketones is 1. The molecule has 0 saturated heterocycles. The van der Waals surface area contributed by atoms with Gasteiger partial charge in [-0.05, 0) is 183 Å².